The molecule has 2 aliphatic rings. The van der Waals surface area contributed by atoms with Gasteiger partial charge in [0.1, 0.15) is 0 Å². The van der Waals surface area contributed by atoms with E-state index in [1.54, 1.807) is 17.1 Å². The molecule has 248 valence electrons. The SMILES string of the molecule is C=CC(=O)N1CC(CN2CCC(n3nnc(-c4cc(OC[I-](C)(O)c5ccc(F)cn5)c5c(c4)ncn5C(F)F)c3C)CC2)C1C. The molecule has 3 unspecified atom stereocenters. The van der Waals surface area contributed by atoms with Crippen LogP contribution in [0.3, 0.4) is 0 Å². The average molecular weight is 754 g/mol. The number of aromatic nitrogens is 6. The van der Waals surface area contributed by atoms with Gasteiger partial charge >= 0.3 is 210 Å². The minimum Gasteiger partial charge on any atom is -0.0441 e. The summed E-state index contributed by atoms with van der Waals surface area (Å²) in [5.41, 5.74) is 2.41. The zero-order chi connectivity index (χ0) is 32.7. The Morgan fingerprint density at radius 3 is 2.65 bits per heavy atom. The van der Waals surface area contributed by atoms with E-state index in [0.717, 1.165) is 61.8 Å². The minimum absolute atomic E-state index is 0.0169. The van der Waals surface area contributed by atoms with E-state index in [9.17, 15) is 21.4 Å². The maximum Gasteiger partial charge on any atom is 0.0349 e. The number of hydrogen-bond donors (Lipinski definition) is 1. The van der Waals surface area contributed by atoms with Crippen molar-refractivity contribution in [3.63, 3.8) is 0 Å². The maximum absolute atomic E-state index is 13.9. The maximum atomic E-state index is 13.9. The van der Waals surface area contributed by atoms with Gasteiger partial charge in [-0.15, -0.1) is 0 Å². The third kappa shape index (κ3) is 6.23. The van der Waals surface area contributed by atoms with Gasteiger partial charge in [0.15, 0.2) is 0 Å². The van der Waals surface area contributed by atoms with Crippen LogP contribution in [0.1, 0.15) is 38.1 Å². The molecule has 0 aliphatic carbocycles. The summed E-state index contributed by atoms with van der Waals surface area (Å²) in [6.45, 7) is 8.26. The van der Waals surface area contributed by atoms with E-state index in [1.165, 1.54) is 18.2 Å². The molecule has 6 rings (SSSR count). The summed E-state index contributed by atoms with van der Waals surface area (Å²) in [5.74, 6) is 0.0248. The monoisotopic (exact) mass is 753 g/mol. The van der Waals surface area contributed by atoms with Crippen molar-refractivity contribution in [2.24, 2.45) is 5.92 Å². The van der Waals surface area contributed by atoms with E-state index in [0.29, 0.717) is 26.4 Å². The number of piperidine rings is 1. The van der Waals surface area contributed by atoms with E-state index in [4.69, 9.17) is 4.74 Å². The largest absolute Gasteiger partial charge is 0.0441 e. The number of alkyl halides is 4. The molecule has 0 radical (unpaired) electrons. The van der Waals surface area contributed by atoms with Gasteiger partial charge < -0.3 is 4.90 Å². The Balaban J connectivity index is 1.19. The fraction of sp³-hybridized carbons (Fsp3) is 0.452. The second-order valence-corrected chi connectivity index (χ2v) is 19.2. The molecule has 0 saturated carbocycles. The van der Waals surface area contributed by atoms with E-state index >= 15 is 0 Å². The zero-order valence-electron chi connectivity index (χ0n) is 25.9. The van der Waals surface area contributed by atoms with Crippen LogP contribution >= 0.6 is 0 Å². The number of halogens is 4. The van der Waals surface area contributed by atoms with Gasteiger partial charge in [-0.1, -0.05) is 6.58 Å². The summed E-state index contributed by atoms with van der Waals surface area (Å²) in [4.78, 5) is 26.1. The summed E-state index contributed by atoms with van der Waals surface area (Å²) < 4.78 is 61.4. The number of rotatable bonds is 10. The molecule has 5 heterocycles. The van der Waals surface area contributed by atoms with Crippen molar-refractivity contribution in [1.29, 1.82) is 0 Å². The standard InChI is InChI=1S/C31H37F3IN8O3/c1-5-28(44)41-16-22(19(41)2)15-40-10-8-24(9-11-40)43-20(3)29(38-39-43)21-12-25-30(42(18-37-25)31(33)34)26(13-21)46-17-35(4,45)27-7-6-23(32)14-36-27/h5-7,12-14,18-19,22,24,31,45H,1,8-11,15-17H2,2-4H3/q-1. The fourth-order valence-corrected chi connectivity index (χ4v) is 9.24. The quantitative estimate of drug-likeness (QED) is 0.111. The summed E-state index contributed by atoms with van der Waals surface area (Å²) in [7, 11) is 0. The van der Waals surface area contributed by atoms with Crippen LogP contribution in [0.5, 0.6) is 5.75 Å². The second-order valence-electron chi connectivity index (χ2n) is 12.0. The number of likely N-dealkylation sites (tertiary alicyclic amines) is 2. The van der Waals surface area contributed by atoms with Gasteiger partial charge in [-0.3, -0.25) is 4.79 Å². The fourth-order valence-electron chi connectivity index (χ4n) is 6.29. The zero-order valence-corrected chi connectivity index (χ0v) is 28.0. The number of carbonyl (C=O) groups is 1. The van der Waals surface area contributed by atoms with Crippen LogP contribution in [0.2, 0.25) is 0 Å². The molecule has 2 fully saturated rings. The van der Waals surface area contributed by atoms with E-state index in [2.05, 4.69) is 38.7 Å². The molecule has 3 atom stereocenters. The van der Waals surface area contributed by atoms with Crippen LogP contribution in [-0.4, -0.2) is 90.4 Å². The Bertz CT molecular complexity index is 1740. The van der Waals surface area contributed by atoms with Crippen LogP contribution < -0.4 is 23.6 Å². The molecular formula is C31H37F3IN8O3-. The van der Waals surface area contributed by atoms with Crippen molar-refractivity contribution in [2.45, 2.75) is 45.3 Å². The third-order valence-electron chi connectivity index (χ3n) is 9.03. The van der Waals surface area contributed by atoms with Crippen LogP contribution in [-0.2, 0) is 4.79 Å². The van der Waals surface area contributed by atoms with Crippen molar-refractivity contribution in [3.05, 3.63) is 64.7 Å². The van der Waals surface area contributed by atoms with E-state index in [-0.39, 0.29) is 33.9 Å². The van der Waals surface area contributed by atoms with Gasteiger partial charge in [0.05, 0.1) is 0 Å². The smallest absolute Gasteiger partial charge is 0.0349 e. The number of benzene rings is 1. The first-order chi connectivity index (χ1) is 22.0. The van der Waals surface area contributed by atoms with Gasteiger partial charge in [-0.05, 0) is 13.0 Å². The van der Waals surface area contributed by atoms with Crippen LogP contribution in [0.25, 0.3) is 22.3 Å². The van der Waals surface area contributed by atoms with Crippen LogP contribution in [0.4, 0.5) is 13.2 Å². The molecule has 46 heavy (non-hydrogen) atoms. The Labute approximate surface area is 269 Å². The van der Waals surface area contributed by atoms with Crippen molar-refractivity contribution < 1.29 is 45.0 Å². The molecule has 1 aromatic carbocycles. The number of nitrogens with zero attached hydrogens (tertiary/aromatic N) is 8. The number of carbonyl (C=O) groups excluding carboxylic acids is 1. The molecule has 2 saturated heterocycles. The first-order valence-corrected chi connectivity index (χ1v) is 20.7. The van der Waals surface area contributed by atoms with E-state index < -0.39 is 31.2 Å². The van der Waals surface area contributed by atoms with Crippen LogP contribution in [0.15, 0.2) is 49.4 Å². The van der Waals surface area contributed by atoms with Gasteiger partial charge in [-0.2, -0.15) is 0 Å². The first kappa shape index (κ1) is 32.4. The second kappa shape index (κ2) is 12.9. The van der Waals surface area contributed by atoms with Crippen molar-refractivity contribution >= 4 is 16.9 Å². The van der Waals surface area contributed by atoms with Crippen molar-refractivity contribution in [2.75, 3.05) is 35.7 Å². The number of pyridine rings is 1. The number of ether oxygens (including phenoxy) is 1. The molecule has 3 aromatic heterocycles. The topological polar surface area (TPSA) is 114 Å². The molecule has 1 N–H and O–H groups in total. The first-order valence-electron chi connectivity index (χ1n) is 15.0. The number of hydrogen-bond acceptors (Lipinski definition) is 8. The molecule has 15 heteroatoms. The molecule has 11 nitrogen and oxygen atoms in total. The number of amides is 1. The Hall–Kier alpha value is -3.57. The summed E-state index contributed by atoms with van der Waals surface area (Å²) >= 11 is -3.83. The number of fused-ring (bicyclic) bond motifs is 1. The molecule has 1 amide bonds. The minimum atomic E-state index is -3.83. The molecule has 4 aromatic rings. The summed E-state index contributed by atoms with van der Waals surface area (Å²) in [6, 6.07) is 6.31. The van der Waals surface area contributed by atoms with E-state index in [1.807, 2.05) is 16.5 Å². The van der Waals surface area contributed by atoms with Gasteiger partial charge in [0.2, 0.25) is 5.91 Å². The predicted molar refractivity (Wildman–Crippen MR) is 161 cm³/mol. The van der Waals surface area contributed by atoms with Gasteiger partial charge in [-0.25, -0.2) is 0 Å². The summed E-state index contributed by atoms with van der Waals surface area (Å²) in [6.07, 6.45) is 5.25. The molecule has 2 aliphatic heterocycles. The Morgan fingerprint density at radius 2 is 2.00 bits per heavy atom. The average Bonchev–Trinajstić information content (AvgIpc) is 3.65. The van der Waals surface area contributed by atoms with Crippen LogP contribution in [0, 0.1) is 22.4 Å². The number of imidazole rings is 1. The third-order valence-corrected chi connectivity index (χ3v) is 13.6. The molecule has 0 bridgehead atoms. The van der Waals surface area contributed by atoms with Crippen molar-refractivity contribution in [1.82, 2.24) is 39.3 Å². The Morgan fingerprint density at radius 1 is 1.24 bits per heavy atom. The predicted octanol–water partition coefficient (Wildman–Crippen LogP) is 1.11. The van der Waals surface area contributed by atoms with Gasteiger partial charge in [0.25, 0.3) is 0 Å². The molecule has 0 spiro atoms. The summed E-state index contributed by atoms with van der Waals surface area (Å²) in [5, 5.41) is 8.97. The Kier molecular flexibility index (Phi) is 9.08. The molecular weight excluding hydrogens is 716 g/mol. The normalized spacial score (nSPS) is 21.3. The van der Waals surface area contributed by atoms with Gasteiger partial charge in [0, 0.05) is 25.0 Å². The van der Waals surface area contributed by atoms with Crippen molar-refractivity contribution in [3.8, 4) is 17.0 Å².